The maximum atomic E-state index is 10.1. The van der Waals surface area contributed by atoms with Gasteiger partial charge in [0.25, 0.3) is 0 Å². The van der Waals surface area contributed by atoms with Crippen molar-refractivity contribution >= 4 is 0 Å². The van der Waals surface area contributed by atoms with Crippen molar-refractivity contribution in [2.75, 3.05) is 0 Å². The molecule has 1 saturated carbocycles. The third kappa shape index (κ3) is 1.36. The standard InChI is InChI=1S/C12H12N2O/c15-12(5-6-12)10-4-2-1-3-9(10)11-13-7-8-14-11/h1-4,7-8,15H,5-6H2,(H,13,14). The molecular weight excluding hydrogens is 188 g/mol. The minimum atomic E-state index is -0.608. The Labute approximate surface area is 87.8 Å². The maximum absolute atomic E-state index is 10.1. The monoisotopic (exact) mass is 200 g/mol. The molecule has 1 aliphatic carbocycles. The van der Waals surface area contributed by atoms with Crippen molar-refractivity contribution in [3.05, 3.63) is 42.2 Å². The number of hydrogen-bond acceptors (Lipinski definition) is 2. The van der Waals surface area contributed by atoms with Crippen LogP contribution < -0.4 is 0 Å². The summed E-state index contributed by atoms with van der Waals surface area (Å²) >= 11 is 0. The van der Waals surface area contributed by atoms with Gasteiger partial charge in [0.1, 0.15) is 5.82 Å². The van der Waals surface area contributed by atoms with E-state index in [2.05, 4.69) is 9.97 Å². The summed E-state index contributed by atoms with van der Waals surface area (Å²) in [7, 11) is 0. The van der Waals surface area contributed by atoms with E-state index in [1.54, 1.807) is 12.4 Å². The number of imidazole rings is 1. The van der Waals surface area contributed by atoms with Gasteiger partial charge in [-0.15, -0.1) is 0 Å². The normalized spacial score (nSPS) is 17.7. The molecule has 3 rings (SSSR count). The van der Waals surface area contributed by atoms with Crippen molar-refractivity contribution in [1.82, 2.24) is 9.97 Å². The Morgan fingerprint density at radius 1 is 1.27 bits per heavy atom. The van der Waals surface area contributed by atoms with Gasteiger partial charge in [-0.25, -0.2) is 4.98 Å². The highest BCUT2D eigenvalue weighted by atomic mass is 16.3. The van der Waals surface area contributed by atoms with Crippen LogP contribution in [0.5, 0.6) is 0 Å². The lowest BCUT2D eigenvalue weighted by Crippen LogP contribution is -2.06. The van der Waals surface area contributed by atoms with Crippen LogP contribution in [0.2, 0.25) is 0 Å². The highest BCUT2D eigenvalue weighted by Gasteiger charge is 2.43. The molecule has 0 atom stereocenters. The second-order valence-electron chi connectivity index (χ2n) is 4.01. The summed E-state index contributed by atoms with van der Waals surface area (Å²) in [6.07, 6.45) is 5.22. The number of aromatic nitrogens is 2. The largest absolute Gasteiger partial charge is 0.385 e. The molecule has 0 bridgehead atoms. The zero-order chi connectivity index (χ0) is 10.3. The number of nitrogens with one attached hydrogen (secondary N) is 1. The van der Waals surface area contributed by atoms with Crippen LogP contribution in [0.15, 0.2) is 36.7 Å². The molecule has 2 aromatic rings. The van der Waals surface area contributed by atoms with Gasteiger partial charge < -0.3 is 10.1 Å². The number of nitrogens with zero attached hydrogens (tertiary/aromatic N) is 1. The van der Waals surface area contributed by atoms with Gasteiger partial charge >= 0.3 is 0 Å². The number of H-pyrrole nitrogens is 1. The summed E-state index contributed by atoms with van der Waals surface area (Å²) in [5.74, 6) is 0.825. The molecular formula is C12H12N2O. The smallest absolute Gasteiger partial charge is 0.137 e. The van der Waals surface area contributed by atoms with E-state index in [-0.39, 0.29) is 0 Å². The average Bonchev–Trinajstić information content (AvgIpc) is 2.84. The average molecular weight is 200 g/mol. The van der Waals surface area contributed by atoms with Gasteiger partial charge in [0.05, 0.1) is 5.60 Å². The Morgan fingerprint density at radius 2 is 2.07 bits per heavy atom. The van der Waals surface area contributed by atoms with Gasteiger partial charge in [0.15, 0.2) is 0 Å². The topological polar surface area (TPSA) is 48.9 Å². The molecule has 0 spiro atoms. The first-order chi connectivity index (χ1) is 7.30. The fourth-order valence-corrected chi connectivity index (χ4v) is 1.90. The molecule has 1 aliphatic rings. The van der Waals surface area contributed by atoms with E-state index >= 15 is 0 Å². The van der Waals surface area contributed by atoms with Crippen molar-refractivity contribution in [1.29, 1.82) is 0 Å². The fourth-order valence-electron chi connectivity index (χ4n) is 1.90. The zero-order valence-corrected chi connectivity index (χ0v) is 8.27. The van der Waals surface area contributed by atoms with Gasteiger partial charge in [0.2, 0.25) is 0 Å². The summed E-state index contributed by atoms with van der Waals surface area (Å²) < 4.78 is 0. The Morgan fingerprint density at radius 3 is 2.73 bits per heavy atom. The Hall–Kier alpha value is -1.61. The molecule has 0 amide bonds. The van der Waals surface area contributed by atoms with Crippen LogP contribution in [-0.2, 0) is 5.60 Å². The first-order valence-corrected chi connectivity index (χ1v) is 5.11. The zero-order valence-electron chi connectivity index (χ0n) is 8.27. The first-order valence-electron chi connectivity index (χ1n) is 5.11. The minimum absolute atomic E-state index is 0.608. The number of hydrogen-bond donors (Lipinski definition) is 2. The summed E-state index contributed by atoms with van der Waals surface area (Å²) in [5, 5.41) is 10.1. The number of aromatic amines is 1. The summed E-state index contributed by atoms with van der Waals surface area (Å²) in [6.45, 7) is 0. The lowest BCUT2D eigenvalue weighted by Gasteiger charge is -2.12. The van der Waals surface area contributed by atoms with Gasteiger partial charge in [-0.3, -0.25) is 0 Å². The number of rotatable bonds is 2. The highest BCUT2D eigenvalue weighted by molar-refractivity contribution is 5.62. The summed E-state index contributed by atoms with van der Waals surface area (Å²) in [5.41, 5.74) is 1.38. The van der Waals surface area contributed by atoms with E-state index in [1.165, 1.54) is 0 Å². The van der Waals surface area contributed by atoms with E-state index in [1.807, 2.05) is 24.3 Å². The third-order valence-electron chi connectivity index (χ3n) is 2.91. The summed E-state index contributed by atoms with van der Waals surface area (Å²) in [4.78, 5) is 7.29. The van der Waals surface area contributed by atoms with Gasteiger partial charge in [-0.1, -0.05) is 24.3 Å². The van der Waals surface area contributed by atoms with Crippen LogP contribution in [0, 0.1) is 0 Å². The second-order valence-corrected chi connectivity index (χ2v) is 4.01. The highest BCUT2D eigenvalue weighted by Crippen LogP contribution is 2.48. The van der Waals surface area contributed by atoms with Crippen molar-refractivity contribution in [3.63, 3.8) is 0 Å². The van der Waals surface area contributed by atoms with Crippen LogP contribution in [0.25, 0.3) is 11.4 Å². The molecule has 76 valence electrons. The van der Waals surface area contributed by atoms with E-state index < -0.39 is 5.60 Å². The molecule has 1 fully saturated rings. The van der Waals surface area contributed by atoms with Crippen molar-refractivity contribution in [2.45, 2.75) is 18.4 Å². The third-order valence-corrected chi connectivity index (χ3v) is 2.91. The molecule has 3 nitrogen and oxygen atoms in total. The SMILES string of the molecule is OC1(c2ccccc2-c2ncc[nH]2)CC1. The Kier molecular flexibility index (Phi) is 1.70. The van der Waals surface area contributed by atoms with E-state index in [9.17, 15) is 5.11 Å². The lowest BCUT2D eigenvalue weighted by molar-refractivity contribution is 0.152. The predicted octanol–water partition coefficient (Wildman–Crippen LogP) is 2.06. The van der Waals surface area contributed by atoms with Gasteiger partial charge in [0, 0.05) is 18.0 Å². The molecule has 15 heavy (non-hydrogen) atoms. The van der Waals surface area contributed by atoms with Crippen LogP contribution >= 0.6 is 0 Å². The van der Waals surface area contributed by atoms with Crippen LogP contribution in [-0.4, -0.2) is 15.1 Å². The first kappa shape index (κ1) is 8.68. The van der Waals surface area contributed by atoms with Crippen LogP contribution in [0.1, 0.15) is 18.4 Å². The molecule has 2 N–H and O–H groups in total. The quantitative estimate of drug-likeness (QED) is 0.779. The number of benzene rings is 1. The molecule has 1 aromatic heterocycles. The molecule has 0 unspecified atom stereocenters. The van der Waals surface area contributed by atoms with E-state index in [0.29, 0.717) is 0 Å². The molecule has 1 heterocycles. The van der Waals surface area contributed by atoms with Crippen molar-refractivity contribution < 1.29 is 5.11 Å². The Balaban J connectivity index is 2.15. The lowest BCUT2D eigenvalue weighted by atomic mass is 10.0. The number of aliphatic hydroxyl groups is 1. The summed E-state index contributed by atoms with van der Waals surface area (Å²) in [6, 6.07) is 7.89. The van der Waals surface area contributed by atoms with E-state index in [0.717, 1.165) is 29.8 Å². The molecule has 0 aliphatic heterocycles. The molecule has 3 heteroatoms. The van der Waals surface area contributed by atoms with E-state index in [4.69, 9.17) is 0 Å². The Bertz CT molecular complexity index is 472. The maximum Gasteiger partial charge on any atom is 0.137 e. The van der Waals surface area contributed by atoms with Gasteiger partial charge in [-0.2, -0.15) is 0 Å². The van der Waals surface area contributed by atoms with Gasteiger partial charge in [-0.05, 0) is 18.4 Å². The van der Waals surface area contributed by atoms with Crippen LogP contribution in [0.4, 0.5) is 0 Å². The molecule has 0 radical (unpaired) electrons. The second kappa shape index (κ2) is 2.94. The van der Waals surface area contributed by atoms with Crippen molar-refractivity contribution in [2.24, 2.45) is 0 Å². The molecule has 0 saturated heterocycles. The fraction of sp³-hybridized carbons (Fsp3) is 0.250. The van der Waals surface area contributed by atoms with Crippen LogP contribution in [0.3, 0.4) is 0 Å². The molecule has 1 aromatic carbocycles. The van der Waals surface area contributed by atoms with Crippen molar-refractivity contribution in [3.8, 4) is 11.4 Å². The minimum Gasteiger partial charge on any atom is -0.385 e. The predicted molar refractivity (Wildman–Crippen MR) is 57.2 cm³/mol.